The number of hydrogen-bond acceptors (Lipinski definition) is 4. The van der Waals surface area contributed by atoms with Crippen LogP contribution in [0.4, 0.5) is 0 Å². The minimum atomic E-state index is -0.0652. The van der Waals surface area contributed by atoms with Crippen LogP contribution < -0.4 is 10.1 Å². The number of ether oxygens (including phenoxy) is 1. The van der Waals surface area contributed by atoms with Crippen molar-refractivity contribution < 1.29 is 9.53 Å². The molecule has 5 heteroatoms. The van der Waals surface area contributed by atoms with E-state index in [-0.39, 0.29) is 18.6 Å². The smallest absolute Gasteiger partial charge is 0.258 e. The van der Waals surface area contributed by atoms with E-state index in [0.717, 1.165) is 18.8 Å². The monoisotopic (exact) mass is 386 g/mol. The van der Waals surface area contributed by atoms with Gasteiger partial charge in [-0.25, -0.2) is 0 Å². The summed E-state index contributed by atoms with van der Waals surface area (Å²) in [5.74, 6) is 0.681. The van der Waals surface area contributed by atoms with Gasteiger partial charge in [0.05, 0.1) is 6.04 Å². The quantitative estimate of drug-likeness (QED) is 0.763. The fraction of sp³-hybridized carbons (Fsp3) is 0.500. The fourth-order valence-electron chi connectivity index (χ4n) is 3.51. The minimum Gasteiger partial charge on any atom is -0.484 e. The first kappa shape index (κ1) is 19.9. The molecular formula is C22H30N2O2S. The lowest BCUT2D eigenvalue weighted by Gasteiger charge is -2.30. The fourth-order valence-corrected chi connectivity index (χ4v) is 4.37. The summed E-state index contributed by atoms with van der Waals surface area (Å²) < 4.78 is 5.67. The maximum absolute atomic E-state index is 12.3. The molecule has 0 saturated carbocycles. The molecule has 1 aromatic carbocycles. The molecule has 1 N–H and O–H groups in total. The Kier molecular flexibility index (Phi) is 7.30. The van der Waals surface area contributed by atoms with Gasteiger partial charge in [0.25, 0.3) is 5.91 Å². The number of nitrogens with one attached hydrogen (secondary N) is 1. The van der Waals surface area contributed by atoms with E-state index in [1.165, 1.54) is 41.7 Å². The molecule has 0 radical (unpaired) electrons. The molecular weight excluding hydrogens is 356 g/mol. The van der Waals surface area contributed by atoms with E-state index in [1.54, 1.807) is 11.3 Å². The van der Waals surface area contributed by atoms with Crippen LogP contribution in [0.15, 0.2) is 35.7 Å². The van der Waals surface area contributed by atoms with Crippen molar-refractivity contribution in [3.05, 3.63) is 51.7 Å². The third kappa shape index (κ3) is 5.81. The van der Waals surface area contributed by atoms with Crippen LogP contribution in [0.5, 0.6) is 5.75 Å². The average molecular weight is 387 g/mol. The molecule has 27 heavy (non-hydrogen) atoms. The van der Waals surface area contributed by atoms with Crippen LogP contribution in [-0.4, -0.2) is 37.0 Å². The highest BCUT2D eigenvalue weighted by molar-refractivity contribution is 7.10. The Labute approximate surface area is 166 Å². The summed E-state index contributed by atoms with van der Waals surface area (Å²) in [6, 6.07) is 10.5. The van der Waals surface area contributed by atoms with Gasteiger partial charge in [0.1, 0.15) is 5.75 Å². The summed E-state index contributed by atoms with van der Waals surface area (Å²) >= 11 is 1.77. The molecule has 3 rings (SSSR count). The van der Waals surface area contributed by atoms with Gasteiger partial charge in [-0.15, -0.1) is 11.3 Å². The predicted octanol–water partition coefficient (Wildman–Crippen LogP) is 4.48. The van der Waals surface area contributed by atoms with Gasteiger partial charge in [0.15, 0.2) is 6.61 Å². The van der Waals surface area contributed by atoms with Crippen LogP contribution in [0.25, 0.3) is 0 Å². The minimum absolute atomic E-state index is 0.0552. The predicted molar refractivity (Wildman–Crippen MR) is 112 cm³/mol. The molecule has 1 aliphatic heterocycles. The molecule has 0 bridgehead atoms. The lowest BCUT2D eigenvalue weighted by atomic mass is 10.1. The number of nitrogens with zero attached hydrogens (tertiary/aromatic N) is 1. The van der Waals surface area contributed by atoms with Crippen molar-refractivity contribution in [3.8, 4) is 5.75 Å². The van der Waals surface area contributed by atoms with E-state index >= 15 is 0 Å². The maximum atomic E-state index is 12.3. The number of thiophene rings is 1. The lowest BCUT2D eigenvalue weighted by Crippen LogP contribution is -2.39. The van der Waals surface area contributed by atoms with Gasteiger partial charge in [0, 0.05) is 11.4 Å². The SMILES string of the molecule is Cc1ccc(OCC(=O)NC[C@@H](c2cccs2)N2CCCCCC2)cc1C. The highest BCUT2D eigenvalue weighted by Crippen LogP contribution is 2.27. The van der Waals surface area contributed by atoms with Crippen LogP contribution in [-0.2, 0) is 4.79 Å². The van der Waals surface area contributed by atoms with Gasteiger partial charge in [0.2, 0.25) is 0 Å². The Morgan fingerprint density at radius 3 is 2.59 bits per heavy atom. The van der Waals surface area contributed by atoms with Crippen LogP contribution >= 0.6 is 11.3 Å². The zero-order valence-corrected chi connectivity index (χ0v) is 17.2. The van der Waals surface area contributed by atoms with Crippen molar-refractivity contribution in [2.45, 2.75) is 45.6 Å². The normalized spacial score (nSPS) is 16.5. The molecule has 0 spiro atoms. The van der Waals surface area contributed by atoms with E-state index in [1.807, 2.05) is 18.2 Å². The van der Waals surface area contributed by atoms with Crippen LogP contribution in [0.2, 0.25) is 0 Å². The zero-order chi connectivity index (χ0) is 19.1. The zero-order valence-electron chi connectivity index (χ0n) is 16.4. The van der Waals surface area contributed by atoms with Crippen molar-refractivity contribution in [3.63, 3.8) is 0 Å². The van der Waals surface area contributed by atoms with Crippen LogP contribution in [0, 0.1) is 13.8 Å². The van der Waals surface area contributed by atoms with Crippen molar-refractivity contribution in [2.75, 3.05) is 26.2 Å². The second-order valence-corrected chi connectivity index (χ2v) is 8.30. The topological polar surface area (TPSA) is 41.6 Å². The van der Waals surface area contributed by atoms with Gasteiger partial charge in [-0.05, 0) is 74.5 Å². The molecule has 0 unspecified atom stereocenters. The lowest BCUT2D eigenvalue weighted by molar-refractivity contribution is -0.123. The molecule has 4 nitrogen and oxygen atoms in total. The van der Waals surface area contributed by atoms with E-state index in [4.69, 9.17) is 4.74 Å². The summed E-state index contributed by atoms with van der Waals surface area (Å²) in [4.78, 5) is 16.2. The third-order valence-corrected chi connectivity index (χ3v) is 6.27. The maximum Gasteiger partial charge on any atom is 0.258 e. The summed E-state index contributed by atoms with van der Waals surface area (Å²) in [5.41, 5.74) is 2.40. The molecule has 1 saturated heterocycles. The number of carbonyl (C=O) groups excluding carboxylic acids is 1. The molecule has 1 amide bonds. The van der Waals surface area contributed by atoms with Gasteiger partial charge in [-0.3, -0.25) is 9.69 Å². The number of carbonyl (C=O) groups is 1. The first-order valence-corrected chi connectivity index (χ1v) is 10.8. The second-order valence-electron chi connectivity index (χ2n) is 7.32. The molecule has 2 heterocycles. The number of aryl methyl sites for hydroxylation is 2. The van der Waals surface area contributed by atoms with E-state index < -0.39 is 0 Å². The number of benzene rings is 1. The number of rotatable bonds is 7. The largest absolute Gasteiger partial charge is 0.484 e. The molecule has 1 fully saturated rings. The van der Waals surface area contributed by atoms with Crippen molar-refractivity contribution in [2.24, 2.45) is 0 Å². The molecule has 1 aromatic heterocycles. The first-order chi connectivity index (χ1) is 13.1. The first-order valence-electron chi connectivity index (χ1n) is 9.87. The van der Waals surface area contributed by atoms with Gasteiger partial charge < -0.3 is 10.1 Å². The van der Waals surface area contributed by atoms with Crippen LogP contribution in [0.3, 0.4) is 0 Å². The second kappa shape index (κ2) is 9.90. The van der Waals surface area contributed by atoms with Crippen molar-refractivity contribution in [1.82, 2.24) is 10.2 Å². The van der Waals surface area contributed by atoms with Gasteiger partial charge >= 0.3 is 0 Å². The summed E-state index contributed by atoms with van der Waals surface area (Å²) in [7, 11) is 0. The Hall–Kier alpha value is -1.85. The molecule has 1 atom stereocenters. The number of amides is 1. The van der Waals surface area contributed by atoms with E-state index in [9.17, 15) is 4.79 Å². The van der Waals surface area contributed by atoms with Crippen molar-refractivity contribution in [1.29, 1.82) is 0 Å². The third-order valence-electron chi connectivity index (χ3n) is 5.29. The summed E-state index contributed by atoms with van der Waals surface area (Å²) in [6.45, 7) is 7.03. The molecule has 0 aliphatic carbocycles. The summed E-state index contributed by atoms with van der Waals surface area (Å²) in [5, 5.41) is 5.20. The Bertz CT molecular complexity index is 722. The Morgan fingerprint density at radius 1 is 1.15 bits per heavy atom. The summed E-state index contributed by atoms with van der Waals surface area (Å²) in [6.07, 6.45) is 5.10. The van der Waals surface area contributed by atoms with Crippen molar-refractivity contribution >= 4 is 17.2 Å². The van der Waals surface area contributed by atoms with Crippen LogP contribution in [0.1, 0.15) is 47.7 Å². The number of likely N-dealkylation sites (tertiary alicyclic amines) is 1. The number of hydrogen-bond donors (Lipinski definition) is 1. The van der Waals surface area contributed by atoms with E-state index in [0.29, 0.717) is 6.54 Å². The Balaban J connectivity index is 1.54. The standard InChI is InChI=1S/C22H30N2O2S/c1-17-9-10-19(14-18(17)2)26-16-22(25)23-15-20(21-8-7-13-27-21)24-11-5-3-4-6-12-24/h7-10,13-14,20H,3-6,11-12,15-16H2,1-2H3,(H,23,25)/t20-/m0/s1. The highest BCUT2D eigenvalue weighted by Gasteiger charge is 2.23. The molecule has 1 aliphatic rings. The van der Waals surface area contributed by atoms with Gasteiger partial charge in [-0.2, -0.15) is 0 Å². The average Bonchev–Trinajstić information content (AvgIpc) is 3.06. The van der Waals surface area contributed by atoms with E-state index in [2.05, 4.69) is 41.6 Å². The Morgan fingerprint density at radius 2 is 1.93 bits per heavy atom. The molecule has 146 valence electrons. The molecule has 2 aromatic rings. The highest BCUT2D eigenvalue weighted by atomic mass is 32.1. The van der Waals surface area contributed by atoms with Gasteiger partial charge in [-0.1, -0.05) is 25.0 Å².